The molecule has 5 nitrogen and oxygen atoms in total. The predicted octanol–water partition coefficient (Wildman–Crippen LogP) is 3.17. The molecule has 0 unspecified atom stereocenters. The highest BCUT2D eigenvalue weighted by Gasteiger charge is 2.29. The Labute approximate surface area is 159 Å². The summed E-state index contributed by atoms with van der Waals surface area (Å²) in [6.07, 6.45) is 0.884. The highest BCUT2D eigenvalue weighted by Crippen LogP contribution is 2.26. The minimum Gasteiger partial charge on any atom is -0.497 e. The summed E-state index contributed by atoms with van der Waals surface area (Å²) >= 11 is 0. The lowest BCUT2D eigenvalue weighted by Crippen LogP contribution is -2.37. The molecule has 0 bridgehead atoms. The minimum atomic E-state index is -0.852. The van der Waals surface area contributed by atoms with Crippen molar-refractivity contribution < 1.29 is 19.0 Å². The molecule has 2 aromatic carbocycles. The number of nitrogens with zero attached hydrogens (tertiary/aromatic N) is 2. The van der Waals surface area contributed by atoms with Crippen LogP contribution in [-0.2, 0) is 11.3 Å². The molecule has 6 heteroatoms. The van der Waals surface area contributed by atoms with Crippen LogP contribution >= 0.6 is 0 Å². The van der Waals surface area contributed by atoms with E-state index in [2.05, 4.69) is 4.90 Å². The van der Waals surface area contributed by atoms with Crippen molar-refractivity contribution in [2.75, 3.05) is 33.3 Å². The molecule has 3 rings (SSSR count). The lowest BCUT2D eigenvalue weighted by atomic mass is 10.0. The Bertz CT molecular complexity index is 766. The van der Waals surface area contributed by atoms with E-state index in [-0.39, 0.29) is 5.82 Å². The van der Waals surface area contributed by atoms with Gasteiger partial charge in [0.2, 0.25) is 0 Å². The first kappa shape index (κ1) is 19.3. The van der Waals surface area contributed by atoms with Crippen LogP contribution in [0.1, 0.15) is 23.6 Å². The molecule has 1 fully saturated rings. The van der Waals surface area contributed by atoms with Crippen molar-refractivity contribution in [1.82, 2.24) is 9.80 Å². The fourth-order valence-electron chi connectivity index (χ4n) is 3.58. The van der Waals surface area contributed by atoms with Gasteiger partial charge in [0.25, 0.3) is 0 Å². The van der Waals surface area contributed by atoms with Crippen LogP contribution in [0.2, 0.25) is 0 Å². The predicted molar refractivity (Wildman–Crippen MR) is 101 cm³/mol. The number of methoxy groups -OCH3 is 1. The molecule has 1 aliphatic rings. The Hall–Kier alpha value is -2.44. The molecule has 0 spiro atoms. The second-order valence-electron chi connectivity index (χ2n) is 6.81. The van der Waals surface area contributed by atoms with Crippen molar-refractivity contribution in [2.45, 2.75) is 19.0 Å². The minimum absolute atomic E-state index is 0.233. The standard InChI is InChI=1S/C21H25FN2O3/c1-27-19-5-2-4-17(14-19)20(21(25)26)24-11-3-10-23(12-13-24)15-16-6-8-18(22)9-7-16/h2,4-9,14,20H,3,10-13,15H2,1H3,(H,25,26)/t20-/m0/s1. The number of ether oxygens (including phenoxy) is 1. The van der Waals surface area contributed by atoms with Gasteiger partial charge in [-0.3, -0.25) is 14.6 Å². The largest absolute Gasteiger partial charge is 0.497 e. The van der Waals surface area contributed by atoms with E-state index in [0.717, 1.165) is 37.2 Å². The van der Waals surface area contributed by atoms with Crippen LogP contribution in [0.4, 0.5) is 4.39 Å². The number of aliphatic carboxylic acids is 1. The maximum Gasteiger partial charge on any atom is 0.325 e. The van der Waals surface area contributed by atoms with Crippen molar-refractivity contribution >= 4 is 5.97 Å². The van der Waals surface area contributed by atoms with Crippen LogP contribution in [0.25, 0.3) is 0 Å². The van der Waals surface area contributed by atoms with E-state index in [4.69, 9.17) is 4.74 Å². The van der Waals surface area contributed by atoms with Crippen molar-refractivity contribution in [3.05, 3.63) is 65.5 Å². The first-order valence-electron chi connectivity index (χ1n) is 9.14. The van der Waals surface area contributed by atoms with E-state index in [1.807, 2.05) is 23.1 Å². The van der Waals surface area contributed by atoms with Gasteiger partial charge < -0.3 is 9.84 Å². The molecule has 1 saturated heterocycles. The molecular formula is C21H25FN2O3. The second-order valence-corrected chi connectivity index (χ2v) is 6.81. The van der Waals surface area contributed by atoms with Gasteiger partial charge in [-0.05, 0) is 48.4 Å². The van der Waals surface area contributed by atoms with Crippen LogP contribution in [0.5, 0.6) is 5.75 Å². The van der Waals surface area contributed by atoms with Gasteiger partial charge in [-0.15, -0.1) is 0 Å². The molecule has 0 aliphatic carbocycles. The van der Waals surface area contributed by atoms with E-state index in [9.17, 15) is 14.3 Å². The molecule has 0 radical (unpaired) electrons. The number of carboxylic acid groups (broad SMARTS) is 1. The smallest absolute Gasteiger partial charge is 0.325 e. The van der Waals surface area contributed by atoms with Gasteiger partial charge in [-0.2, -0.15) is 0 Å². The maximum atomic E-state index is 13.1. The Morgan fingerprint density at radius 2 is 1.93 bits per heavy atom. The van der Waals surface area contributed by atoms with Crippen molar-refractivity contribution in [3.63, 3.8) is 0 Å². The van der Waals surface area contributed by atoms with Gasteiger partial charge in [0.05, 0.1) is 7.11 Å². The number of rotatable bonds is 6. The third-order valence-electron chi connectivity index (χ3n) is 4.95. The molecule has 1 N–H and O–H groups in total. The van der Waals surface area contributed by atoms with E-state index < -0.39 is 12.0 Å². The lowest BCUT2D eigenvalue weighted by molar-refractivity contribution is -0.143. The summed E-state index contributed by atoms with van der Waals surface area (Å²) in [6, 6.07) is 13.1. The molecule has 1 atom stereocenters. The summed E-state index contributed by atoms with van der Waals surface area (Å²) in [4.78, 5) is 16.3. The molecule has 27 heavy (non-hydrogen) atoms. The highest BCUT2D eigenvalue weighted by atomic mass is 19.1. The molecule has 0 aromatic heterocycles. The topological polar surface area (TPSA) is 53.0 Å². The summed E-state index contributed by atoms with van der Waals surface area (Å²) < 4.78 is 18.3. The fourth-order valence-corrected chi connectivity index (χ4v) is 3.58. The fraction of sp³-hybridized carbons (Fsp3) is 0.381. The quantitative estimate of drug-likeness (QED) is 0.844. The summed E-state index contributed by atoms with van der Waals surface area (Å²) in [7, 11) is 1.58. The average molecular weight is 372 g/mol. The summed E-state index contributed by atoms with van der Waals surface area (Å²) in [6.45, 7) is 3.78. The molecule has 1 aliphatic heterocycles. The summed E-state index contributed by atoms with van der Waals surface area (Å²) in [5.41, 5.74) is 1.79. The van der Waals surface area contributed by atoms with Crippen LogP contribution < -0.4 is 4.74 Å². The van der Waals surface area contributed by atoms with Gasteiger partial charge in [-0.25, -0.2) is 4.39 Å². The average Bonchev–Trinajstić information content (AvgIpc) is 2.89. The Morgan fingerprint density at radius 3 is 2.63 bits per heavy atom. The molecule has 2 aromatic rings. The maximum absolute atomic E-state index is 13.1. The van der Waals surface area contributed by atoms with Gasteiger partial charge >= 0.3 is 5.97 Å². The van der Waals surface area contributed by atoms with E-state index in [0.29, 0.717) is 18.8 Å². The first-order chi connectivity index (χ1) is 13.1. The molecule has 0 amide bonds. The molecule has 0 saturated carbocycles. The molecule has 1 heterocycles. The van der Waals surface area contributed by atoms with E-state index >= 15 is 0 Å². The van der Waals surface area contributed by atoms with E-state index in [1.165, 1.54) is 12.1 Å². The van der Waals surface area contributed by atoms with Gasteiger partial charge in [0.1, 0.15) is 17.6 Å². The van der Waals surface area contributed by atoms with Gasteiger partial charge in [0.15, 0.2) is 0 Å². The van der Waals surface area contributed by atoms with Crippen LogP contribution in [-0.4, -0.2) is 54.2 Å². The zero-order valence-electron chi connectivity index (χ0n) is 15.5. The lowest BCUT2D eigenvalue weighted by Gasteiger charge is -2.28. The van der Waals surface area contributed by atoms with Crippen molar-refractivity contribution in [3.8, 4) is 5.75 Å². The third kappa shape index (κ3) is 5.05. The summed E-state index contributed by atoms with van der Waals surface area (Å²) in [5.74, 6) is -0.426. The number of hydrogen-bond acceptors (Lipinski definition) is 4. The Morgan fingerprint density at radius 1 is 1.15 bits per heavy atom. The number of hydrogen-bond donors (Lipinski definition) is 1. The third-order valence-corrected chi connectivity index (χ3v) is 4.95. The van der Waals surface area contributed by atoms with Crippen molar-refractivity contribution in [1.29, 1.82) is 0 Å². The number of carboxylic acids is 1. The SMILES string of the molecule is COc1cccc([C@@H](C(=O)O)N2CCCN(Cc3ccc(F)cc3)CC2)c1. The monoisotopic (exact) mass is 372 g/mol. The number of carbonyl (C=O) groups is 1. The summed E-state index contributed by atoms with van der Waals surface area (Å²) in [5, 5.41) is 9.83. The highest BCUT2D eigenvalue weighted by molar-refractivity contribution is 5.75. The normalized spacial score (nSPS) is 17.3. The van der Waals surface area contributed by atoms with Crippen LogP contribution in [0.15, 0.2) is 48.5 Å². The second kappa shape index (κ2) is 8.97. The Kier molecular flexibility index (Phi) is 6.42. The van der Waals surface area contributed by atoms with Gasteiger partial charge in [-0.1, -0.05) is 24.3 Å². The van der Waals surface area contributed by atoms with Crippen LogP contribution in [0.3, 0.4) is 0 Å². The van der Waals surface area contributed by atoms with Gasteiger partial charge in [0, 0.05) is 26.2 Å². The van der Waals surface area contributed by atoms with Crippen LogP contribution in [0, 0.1) is 5.82 Å². The molecule has 144 valence electrons. The zero-order chi connectivity index (χ0) is 19.2. The Balaban J connectivity index is 1.69. The van der Waals surface area contributed by atoms with E-state index in [1.54, 1.807) is 25.3 Å². The number of benzene rings is 2. The first-order valence-corrected chi connectivity index (χ1v) is 9.14. The van der Waals surface area contributed by atoms with Crippen molar-refractivity contribution in [2.24, 2.45) is 0 Å². The zero-order valence-corrected chi connectivity index (χ0v) is 15.5. The molecular weight excluding hydrogens is 347 g/mol. The number of halogens is 1.